The number of nitrogens with one attached hydrogen (secondary N) is 1. The monoisotopic (exact) mass is 403 g/mol. The van der Waals surface area contributed by atoms with E-state index in [0.29, 0.717) is 18.1 Å². The van der Waals surface area contributed by atoms with Crippen LogP contribution < -0.4 is 10.1 Å². The van der Waals surface area contributed by atoms with Crippen LogP contribution in [-0.2, 0) is 4.79 Å². The molecule has 1 atom stereocenters. The molecule has 1 unspecified atom stereocenters. The number of nitrogens with zero attached hydrogens (tertiary/aromatic N) is 4. The van der Waals surface area contributed by atoms with Crippen LogP contribution in [0.15, 0.2) is 33.9 Å². The number of tetrazole rings is 1. The van der Waals surface area contributed by atoms with E-state index in [2.05, 4.69) is 50.6 Å². The number of halogens is 1. The van der Waals surface area contributed by atoms with Crippen LogP contribution in [0.4, 0.5) is 5.95 Å². The highest BCUT2D eigenvalue weighted by Crippen LogP contribution is 2.46. The highest BCUT2D eigenvalue weighted by atomic mass is 79.9. The molecule has 1 N–H and O–H groups in total. The van der Waals surface area contributed by atoms with Gasteiger partial charge in [-0.15, -0.1) is 0 Å². The summed E-state index contributed by atoms with van der Waals surface area (Å²) in [4.78, 5) is 13.0. The van der Waals surface area contributed by atoms with Crippen molar-refractivity contribution in [3.05, 3.63) is 39.5 Å². The van der Waals surface area contributed by atoms with Crippen LogP contribution in [-0.4, -0.2) is 33.1 Å². The summed E-state index contributed by atoms with van der Waals surface area (Å²) < 4.78 is 8.10. The molecule has 2 aliphatic rings. The molecule has 4 rings (SSSR count). The minimum absolute atomic E-state index is 0.0928. The summed E-state index contributed by atoms with van der Waals surface area (Å²) in [5.41, 5.74) is 2.38. The van der Waals surface area contributed by atoms with Crippen LogP contribution >= 0.6 is 15.9 Å². The molecule has 2 aromatic rings. The number of benzene rings is 1. The fourth-order valence-electron chi connectivity index (χ4n) is 3.68. The predicted octanol–water partition coefficient (Wildman–Crippen LogP) is 3.10. The second-order valence-electron chi connectivity index (χ2n) is 7.19. The molecule has 25 heavy (non-hydrogen) atoms. The second kappa shape index (κ2) is 5.66. The molecule has 0 bridgehead atoms. The van der Waals surface area contributed by atoms with Gasteiger partial charge in [-0.1, -0.05) is 34.9 Å². The molecule has 8 heteroatoms. The fraction of sp³-hybridized carbons (Fsp3) is 0.412. The van der Waals surface area contributed by atoms with Gasteiger partial charge < -0.3 is 10.1 Å². The third-order valence-corrected chi connectivity index (χ3v) is 5.17. The number of anilines is 1. The molecule has 0 saturated carbocycles. The van der Waals surface area contributed by atoms with E-state index in [1.165, 1.54) is 0 Å². The number of methoxy groups -OCH3 is 1. The van der Waals surface area contributed by atoms with Crippen molar-refractivity contribution < 1.29 is 9.53 Å². The number of aromatic nitrogens is 4. The summed E-state index contributed by atoms with van der Waals surface area (Å²) in [5.74, 6) is 1.35. The Morgan fingerprint density at radius 1 is 1.36 bits per heavy atom. The second-order valence-corrected chi connectivity index (χ2v) is 8.11. The van der Waals surface area contributed by atoms with Crippen molar-refractivity contribution in [2.24, 2.45) is 5.41 Å². The Bertz CT molecular complexity index is 902. The number of ether oxygens (including phenoxy) is 1. The minimum atomic E-state index is -0.405. The smallest absolute Gasteiger partial charge is 0.248 e. The normalized spacial score (nSPS) is 21.4. The van der Waals surface area contributed by atoms with Crippen LogP contribution in [0.1, 0.15) is 38.3 Å². The van der Waals surface area contributed by atoms with Gasteiger partial charge in [-0.25, -0.2) is 0 Å². The minimum Gasteiger partial charge on any atom is -0.496 e. The molecule has 0 fully saturated rings. The van der Waals surface area contributed by atoms with Crippen molar-refractivity contribution in [3.63, 3.8) is 0 Å². The number of carbonyl (C=O) groups is 1. The third-order valence-electron chi connectivity index (χ3n) is 4.68. The lowest BCUT2D eigenvalue weighted by molar-refractivity contribution is -0.118. The lowest BCUT2D eigenvalue weighted by Gasteiger charge is -2.38. The van der Waals surface area contributed by atoms with Crippen molar-refractivity contribution in [2.75, 3.05) is 12.4 Å². The highest BCUT2D eigenvalue weighted by Gasteiger charge is 2.42. The topological polar surface area (TPSA) is 81.9 Å². The van der Waals surface area contributed by atoms with Crippen molar-refractivity contribution in [2.45, 2.75) is 32.7 Å². The largest absolute Gasteiger partial charge is 0.496 e. The van der Waals surface area contributed by atoms with Crippen LogP contribution in [0.25, 0.3) is 0 Å². The summed E-state index contributed by atoms with van der Waals surface area (Å²) in [6, 6.07) is 5.34. The molecule has 0 spiro atoms. The first-order chi connectivity index (χ1) is 11.9. The van der Waals surface area contributed by atoms with E-state index in [1.54, 1.807) is 11.8 Å². The van der Waals surface area contributed by atoms with Crippen LogP contribution in [0.5, 0.6) is 5.75 Å². The first-order valence-electron chi connectivity index (χ1n) is 8.04. The van der Waals surface area contributed by atoms with Gasteiger partial charge in [-0.2, -0.15) is 4.68 Å². The predicted molar refractivity (Wildman–Crippen MR) is 95.3 cm³/mol. The summed E-state index contributed by atoms with van der Waals surface area (Å²) in [6.07, 6.45) is 1.27. The number of ketones is 1. The van der Waals surface area contributed by atoms with Gasteiger partial charge >= 0.3 is 0 Å². The molecule has 0 saturated heterocycles. The molecular formula is C17H18BrN5O2. The zero-order valence-electron chi connectivity index (χ0n) is 14.2. The van der Waals surface area contributed by atoms with Gasteiger partial charge in [0.1, 0.15) is 11.8 Å². The van der Waals surface area contributed by atoms with Crippen LogP contribution in [0, 0.1) is 5.41 Å². The lowest BCUT2D eigenvalue weighted by atomic mass is 9.73. The summed E-state index contributed by atoms with van der Waals surface area (Å²) in [6.45, 7) is 4.20. The number of fused-ring (bicyclic) bond motifs is 1. The van der Waals surface area contributed by atoms with Gasteiger partial charge in [0, 0.05) is 27.7 Å². The zero-order valence-corrected chi connectivity index (χ0v) is 15.8. The molecule has 0 radical (unpaired) electrons. The van der Waals surface area contributed by atoms with E-state index < -0.39 is 6.04 Å². The van der Waals surface area contributed by atoms with E-state index in [0.717, 1.165) is 27.7 Å². The Balaban J connectivity index is 1.95. The highest BCUT2D eigenvalue weighted by molar-refractivity contribution is 9.10. The Morgan fingerprint density at radius 2 is 2.16 bits per heavy atom. The van der Waals surface area contributed by atoms with Crippen molar-refractivity contribution in [1.29, 1.82) is 0 Å². The average molecular weight is 404 g/mol. The van der Waals surface area contributed by atoms with Crippen molar-refractivity contribution in [3.8, 4) is 5.75 Å². The molecule has 1 aliphatic heterocycles. The number of hydrogen-bond donors (Lipinski definition) is 1. The fourth-order valence-corrected chi connectivity index (χ4v) is 4.06. The van der Waals surface area contributed by atoms with Crippen LogP contribution in [0.3, 0.4) is 0 Å². The maximum Gasteiger partial charge on any atom is 0.248 e. The first-order valence-corrected chi connectivity index (χ1v) is 8.83. The van der Waals surface area contributed by atoms with Gasteiger partial charge in [-0.3, -0.25) is 4.79 Å². The van der Waals surface area contributed by atoms with Gasteiger partial charge in [-0.05, 0) is 40.5 Å². The van der Waals surface area contributed by atoms with E-state index in [9.17, 15) is 4.79 Å². The maximum absolute atomic E-state index is 13.0. The summed E-state index contributed by atoms with van der Waals surface area (Å²) >= 11 is 3.51. The number of allylic oxidation sites excluding steroid dienone is 2. The number of rotatable bonds is 2. The average Bonchev–Trinajstić information content (AvgIpc) is 2.99. The Labute approximate surface area is 153 Å². The standard InChI is InChI=1S/C17H18BrN5O2/c1-17(2)7-11-14(12(24)8-17)15(23-16(19-11)20-21-22-23)10-6-9(18)4-5-13(10)25-3/h4-6,15H,7-8H2,1-3H3,(H,19,20,22). The molecule has 1 aliphatic carbocycles. The quantitative estimate of drug-likeness (QED) is 0.829. The Morgan fingerprint density at radius 3 is 2.92 bits per heavy atom. The van der Waals surface area contributed by atoms with Crippen molar-refractivity contribution in [1.82, 2.24) is 20.2 Å². The molecule has 7 nitrogen and oxygen atoms in total. The zero-order chi connectivity index (χ0) is 17.8. The van der Waals surface area contributed by atoms with E-state index in [1.807, 2.05) is 18.2 Å². The van der Waals surface area contributed by atoms with Gasteiger partial charge in [0.15, 0.2) is 5.78 Å². The molecular weight excluding hydrogens is 386 g/mol. The van der Waals surface area contributed by atoms with Crippen LogP contribution in [0.2, 0.25) is 0 Å². The lowest BCUT2D eigenvalue weighted by Crippen LogP contribution is -2.36. The van der Waals surface area contributed by atoms with E-state index in [4.69, 9.17) is 4.74 Å². The number of hydrogen-bond acceptors (Lipinski definition) is 6. The molecule has 1 aromatic heterocycles. The van der Waals surface area contributed by atoms with Gasteiger partial charge in [0.25, 0.3) is 0 Å². The van der Waals surface area contributed by atoms with Gasteiger partial charge in [0.05, 0.1) is 7.11 Å². The third kappa shape index (κ3) is 2.64. The number of Topliss-reactive ketones (excluding diaryl/α,β-unsaturated/α-hetero) is 1. The Hall–Kier alpha value is -2.22. The SMILES string of the molecule is COc1ccc(Br)cc1C1C2=C(CC(C)(C)CC2=O)Nc2nnnn21. The maximum atomic E-state index is 13.0. The van der Waals surface area contributed by atoms with E-state index >= 15 is 0 Å². The number of carbonyl (C=O) groups excluding carboxylic acids is 1. The molecule has 1 aromatic carbocycles. The molecule has 0 amide bonds. The molecule has 2 heterocycles. The molecule has 130 valence electrons. The van der Waals surface area contributed by atoms with Crippen molar-refractivity contribution >= 4 is 27.7 Å². The Kier molecular flexibility index (Phi) is 3.68. The van der Waals surface area contributed by atoms with Gasteiger partial charge in [0.2, 0.25) is 5.95 Å². The first kappa shape index (κ1) is 16.3. The summed E-state index contributed by atoms with van der Waals surface area (Å²) in [5, 5.41) is 15.2. The summed E-state index contributed by atoms with van der Waals surface area (Å²) in [7, 11) is 1.62. The van der Waals surface area contributed by atoms with E-state index in [-0.39, 0.29) is 11.2 Å².